The Hall–Kier alpha value is -2.84. The molecule has 9 nitrogen and oxygen atoms in total. The van der Waals surface area contributed by atoms with Crippen LogP contribution in [0.4, 0.5) is 11.6 Å². The van der Waals surface area contributed by atoms with Gasteiger partial charge in [-0.3, -0.25) is 10.1 Å². The van der Waals surface area contributed by atoms with Crippen molar-refractivity contribution in [2.75, 3.05) is 0 Å². The Morgan fingerprint density at radius 2 is 2.35 bits per heavy atom. The molecule has 2 aromatic rings. The number of nitro groups is 1. The number of phenolic OH excluding ortho intramolecular Hbond substituents is 1. The highest BCUT2D eigenvalue weighted by Gasteiger charge is 2.08. The van der Waals surface area contributed by atoms with E-state index in [1.165, 1.54) is 24.4 Å². The van der Waals surface area contributed by atoms with Gasteiger partial charge in [-0.15, -0.1) is 5.10 Å². The SMILES string of the molecule is O=[N+]([O-])c1ccc(O)c(C=Nc2nn[nH]n2)c1. The smallest absolute Gasteiger partial charge is 0.288 e. The molecule has 0 bridgehead atoms. The lowest BCUT2D eigenvalue weighted by Crippen LogP contribution is -1.90. The Kier molecular flexibility index (Phi) is 2.73. The van der Waals surface area contributed by atoms with Crippen LogP contribution in [-0.4, -0.2) is 36.9 Å². The van der Waals surface area contributed by atoms with Gasteiger partial charge < -0.3 is 5.11 Å². The number of phenols is 1. The van der Waals surface area contributed by atoms with E-state index in [1.54, 1.807) is 0 Å². The molecule has 9 heteroatoms. The highest BCUT2D eigenvalue weighted by Crippen LogP contribution is 2.21. The number of nitro benzene ring substituents is 1. The van der Waals surface area contributed by atoms with Gasteiger partial charge in [-0.25, -0.2) is 4.99 Å². The molecule has 0 radical (unpaired) electrons. The molecule has 0 spiro atoms. The summed E-state index contributed by atoms with van der Waals surface area (Å²) < 4.78 is 0. The fourth-order valence-electron chi connectivity index (χ4n) is 1.10. The molecule has 2 rings (SSSR count). The van der Waals surface area contributed by atoms with E-state index < -0.39 is 4.92 Å². The zero-order chi connectivity index (χ0) is 12.3. The van der Waals surface area contributed by atoms with E-state index >= 15 is 0 Å². The highest BCUT2D eigenvalue weighted by atomic mass is 16.6. The van der Waals surface area contributed by atoms with Gasteiger partial charge in [0.25, 0.3) is 11.6 Å². The van der Waals surface area contributed by atoms with Crippen LogP contribution in [0.15, 0.2) is 23.2 Å². The summed E-state index contributed by atoms with van der Waals surface area (Å²) in [7, 11) is 0. The molecule has 0 unspecified atom stereocenters. The summed E-state index contributed by atoms with van der Waals surface area (Å²) >= 11 is 0. The van der Waals surface area contributed by atoms with Crippen molar-refractivity contribution in [3.63, 3.8) is 0 Å². The van der Waals surface area contributed by atoms with Gasteiger partial charge in [-0.05, 0) is 11.3 Å². The van der Waals surface area contributed by atoms with Crippen LogP contribution >= 0.6 is 0 Å². The predicted molar refractivity (Wildman–Crippen MR) is 56.2 cm³/mol. The van der Waals surface area contributed by atoms with Crippen molar-refractivity contribution in [1.82, 2.24) is 20.6 Å². The van der Waals surface area contributed by atoms with Crippen LogP contribution in [0.1, 0.15) is 5.56 Å². The van der Waals surface area contributed by atoms with Crippen LogP contribution in [0.3, 0.4) is 0 Å². The second kappa shape index (κ2) is 4.35. The molecule has 86 valence electrons. The fourth-order valence-corrected chi connectivity index (χ4v) is 1.10. The molecule has 17 heavy (non-hydrogen) atoms. The van der Waals surface area contributed by atoms with Crippen molar-refractivity contribution in [2.24, 2.45) is 4.99 Å². The summed E-state index contributed by atoms with van der Waals surface area (Å²) in [6, 6.07) is 3.61. The summed E-state index contributed by atoms with van der Waals surface area (Å²) in [6.07, 6.45) is 1.22. The van der Waals surface area contributed by atoms with Crippen LogP contribution in [0.25, 0.3) is 0 Å². The van der Waals surface area contributed by atoms with Gasteiger partial charge in [-0.1, -0.05) is 5.10 Å². The van der Waals surface area contributed by atoms with Gasteiger partial charge in [-0.2, -0.15) is 5.21 Å². The molecule has 0 atom stereocenters. The first-order valence-corrected chi connectivity index (χ1v) is 4.42. The second-order valence-electron chi connectivity index (χ2n) is 2.97. The normalized spacial score (nSPS) is 10.8. The Balaban J connectivity index is 2.31. The number of nitrogens with zero attached hydrogens (tertiary/aromatic N) is 5. The molecule has 0 saturated heterocycles. The maximum absolute atomic E-state index is 10.5. The number of nitrogens with one attached hydrogen (secondary N) is 1. The number of hydrogen-bond donors (Lipinski definition) is 2. The Morgan fingerprint density at radius 3 is 3.00 bits per heavy atom. The van der Waals surface area contributed by atoms with E-state index in [2.05, 4.69) is 25.6 Å². The molecule has 2 N–H and O–H groups in total. The molecule has 0 fully saturated rings. The van der Waals surface area contributed by atoms with Crippen molar-refractivity contribution < 1.29 is 10.0 Å². The van der Waals surface area contributed by atoms with Gasteiger partial charge >= 0.3 is 0 Å². The first-order chi connectivity index (χ1) is 8.16. The number of benzene rings is 1. The van der Waals surface area contributed by atoms with Gasteiger partial charge in [0.15, 0.2) is 0 Å². The summed E-state index contributed by atoms with van der Waals surface area (Å²) in [5.41, 5.74) is 0.0568. The zero-order valence-corrected chi connectivity index (χ0v) is 8.31. The highest BCUT2D eigenvalue weighted by molar-refractivity contribution is 5.85. The molecular weight excluding hydrogens is 228 g/mol. The van der Waals surface area contributed by atoms with Crippen molar-refractivity contribution in [2.45, 2.75) is 0 Å². The zero-order valence-electron chi connectivity index (χ0n) is 8.31. The average Bonchev–Trinajstić information content (AvgIpc) is 2.80. The van der Waals surface area contributed by atoms with Crippen molar-refractivity contribution >= 4 is 17.9 Å². The third-order valence-corrected chi connectivity index (χ3v) is 1.88. The maximum atomic E-state index is 10.5. The number of H-pyrrole nitrogens is 1. The standard InChI is InChI=1S/C8H6N6O3/c15-7-2-1-6(14(16)17)3-5(7)4-9-8-10-12-13-11-8/h1-4,15H,(H,10,11,12,13). The lowest BCUT2D eigenvalue weighted by molar-refractivity contribution is -0.384. The maximum Gasteiger partial charge on any atom is 0.288 e. The molecule has 0 aliphatic heterocycles. The van der Waals surface area contributed by atoms with Crippen LogP contribution in [0.5, 0.6) is 5.75 Å². The molecular formula is C8H6N6O3. The number of aliphatic imine (C=N–C) groups is 1. The van der Waals surface area contributed by atoms with E-state index in [4.69, 9.17) is 0 Å². The summed E-state index contributed by atoms with van der Waals surface area (Å²) in [5, 5.41) is 32.6. The fraction of sp³-hybridized carbons (Fsp3) is 0. The molecule has 0 aliphatic carbocycles. The Bertz CT molecular complexity index is 565. The molecule has 0 amide bonds. The van der Waals surface area contributed by atoms with Gasteiger partial charge in [0.2, 0.25) is 0 Å². The van der Waals surface area contributed by atoms with Crippen molar-refractivity contribution in [1.29, 1.82) is 0 Å². The van der Waals surface area contributed by atoms with Gasteiger partial charge in [0, 0.05) is 23.9 Å². The van der Waals surface area contributed by atoms with Crippen molar-refractivity contribution in [3.8, 4) is 5.75 Å². The summed E-state index contributed by atoms with van der Waals surface area (Å²) in [4.78, 5) is 13.7. The van der Waals surface area contributed by atoms with E-state index in [0.29, 0.717) is 0 Å². The monoisotopic (exact) mass is 234 g/mol. The third kappa shape index (κ3) is 2.40. The van der Waals surface area contributed by atoms with E-state index in [-0.39, 0.29) is 22.9 Å². The van der Waals surface area contributed by atoms with E-state index in [0.717, 1.165) is 0 Å². The number of hydrogen-bond acceptors (Lipinski definition) is 7. The number of aromatic nitrogens is 4. The van der Waals surface area contributed by atoms with E-state index in [1.807, 2.05) is 0 Å². The first kappa shape index (κ1) is 10.7. The Morgan fingerprint density at radius 1 is 1.53 bits per heavy atom. The van der Waals surface area contributed by atoms with Gasteiger partial charge in [0.1, 0.15) is 5.75 Å². The van der Waals surface area contributed by atoms with Crippen LogP contribution < -0.4 is 0 Å². The summed E-state index contributed by atoms with van der Waals surface area (Å²) in [6.45, 7) is 0. The van der Waals surface area contributed by atoms with Crippen molar-refractivity contribution in [3.05, 3.63) is 33.9 Å². The first-order valence-electron chi connectivity index (χ1n) is 4.42. The van der Waals surface area contributed by atoms with E-state index in [9.17, 15) is 15.2 Å². The summed E-state index contributed by atoms with van der Waals surface area (Å²) in [5.74, 6) is -0.0567. The van der Waals surface area contributed by atoms with Gasteiger partial charge in [0.05, 0.1) is 4.92 Å². The Labute approximate surface area is 94.0 Å². The molecule has 0 saturated carbocycles. The average molecular weight is 234 g/mol. The largest absolute Gasteiger partial charge is 0.507 e. The minimum Gasteiger partial charge on any atom is -0.507 e. The quantitative estimate of drug-likeness (QED) is 0.453. The second-order valence-corrected chi connectivity index (χ2v) is 2.97. The minimum atomic E-state index is -0.564. The predicted octanol–water partition coefficient (Wildman–Crippen LogP) is 0.564. The number of aromatic amines is 1. The topological polar surface area (TPSA) is 130 Å². The van der Waals surface area contributed by atoms with Crippen LogP contribution in [-0.2, 0) is 0 Å². The molecule has 1 heterocycles. The number of non-ortho nitro benzene ring substituents is 1. The molecule has 1 aromatic heterocycles. The number of aromatic hydroxyl groups is 1. The van der Waals surface area contributed by atoms with Crippen LogP contribution in [0.2, 0.25) is 0 Å². The number of tetrazole rings is 1. The minimum absolute atomic E-state index is 0.0657. The third-order valence-electron chi connectivity index (χ3n) is 1.88. The molecule has 1 aromatic carbocycles. The van der Waals surface area contributed by atoms with Crippen LogP contribution in [0, 0.1) is 10.1 Å². The lowest BCUT2D eigenvalue weighted by Gasteiger charge is -1.97. The lowest BCUT2D eigenvalue weighted by atomic mass is 10.2. The number of rotatable bonds is 3. The molecule has 0 aliphatic rings.